The molecule has 4 aromatic rings. The lowest BCUT2D eigenvalue weighted by Crippen LogP contribution is -2.64. The highest BCUT2D eigenvalue weighted by atomic mass is 35.5. The maximum Gasteiger partial charge on any atom is 0.238 e. The minimum atomic E-state index is -1.58. The molecule has 56 heavy (non-hydrogen) atoms. The molecule has 2 amide bonds. The quantitative estimate of drug-likeness (QED) is 0.135. The Labute approximate surface area is 336 Å². The van der Waals surface area contributed by atoms with Crippen LogP contribution in [0.1, 0.15) is 92.7 Å². The predicted molar refractivity (Wildman–Crippen MR) is 213 cm³/mol. The van der Waals surface area contributed by atoms with Gasteiger partial charge in [0.05, 0.1) is 43.5 Å². The molecule has 4 N–H and O–H groups in total. The minimum absolute atomic E-state index is 0.0797. The van der Waals surface area contributed by atoms with Gasteiger partial charge in [-0.15, -0.1) is 0 Å². The molecule has 1 aromatic heterocycles. The normalized spacial score (nSPS) is 27.8. The van der Waals surface area contributed by atoms with E-state index in [0.717, 1.165) is 5.56 Å². The highest BCUT2D eigenvalue weighted by Gasteiger charge is 2.77. The van der Waals surface area contributed by atoms with Crippen molar-refractivity contribution in [3.8, 4) is 0 Å². The second-order valence-electron chi connectivity index (χ2n) is 16.6. The zero-order valence-electron chi connectivity index (χ0n) is 31.4. The minimum Gasteiger partial charge on any atom is -0.394 e. The first-order valence-corrected chi connectivity index (χ1v) is 20.2. The smallest absolute Gasteiger partial charge is 0.238 e. The first-order valence-electron chi connectivity index (χ1n) is 19.4. The molecule has 0 radical (unpaired) electrons. The van der Waals surface area contributed by atoms with Crippen LogP contribution in [-0.4, -0.2) is 68.9 Å². The molecular formula is C44H47Cl2FN4O5. The fraction of sp³-hybridized carbons (Fsp3) is 0.432. The van der Waals surface area contributed by atoms with Crippen LogP contribution in [0.5, 0.6) is 0 Å². The van der Waals surface area contributed by atoms with Crippen LogP contribution in [0.4, 0.5) is 10.1 Å². The highest BCUT2D eigenvalue weighted by molar-refractivity contribution is 6.31. The van der Waals surface area contributed by atoms with Gasteiger partial charge in [0.25, 0.3) is 0 Å². The summed E-state index contributed by atoms with van der Waals surface area (Å²) in [6, 6.07) is 23.1. The molecule has 2 saturated heterocycles. The third-order valence-corrected chi connectivity index (χ3v) is 13.5. The van der Waals surface area contributed by atoms with Crippen LogP contribution < -0.4 is 10.6 Å². The molecule has 4 heterocycles. The number of halogens is 3. The number of aromatic nitrogens is 1. The first-order chi connectivity index (χ1) is 26.9. The van der Waals surface area contributed by atoms with E-state index in [1.807, 2.05) is 66.7 Å². The molecule has 7 atom stereocenters. The van der Waals surface area contributed by atoms with Crippen molar-refractivity contribution >= 4 is 40.7 Å². The number of likely N-dealkylation sites (tertiary alicyclic amines) is 1. The van der Waals surface area contributed by atoms with E-state index >= 15 is 14.0 Å². The number of fused-ring (bicyclic) bond motifs is 3. The molecule has 1 aliphatic carbocycles. The monoisotopic (exact) mass is 800 g/mol. The van der Waals surface area contributed by atoms with Gasteiger partial charge < -0.3 is 25.6 Å². The number of ether oxygens (including phenoxy) is 1. The Hall–Kier alpha value is -3.90. The summed E-state index contributed by atoms with van der Waals surface area (Å²) in [7, 11) is 0. The lowest BCUT2D eigenvalue weighted by molar-refractivity contribution is -0.138. The third kappa shape index (κ3) is 6.33. The van der Waals surface area contributed by atoms with E-state index < -0.39 is 52.8 Å². The van der Waals surface area contributed by atoms with Crippen LogP contribution in [0.2, 0.25) is 10.2 Å². The summed E-state index contributed by atoms with van der Waals surface area (Å²) in [5.74, 6) is -2.78. The number of nitrogens with one attached hydrogen (secondary N) is 2. The number of hydrogen-bond acceptors (Lipinski definition) is 7. The first kappa shape index (κ1) is 38.9. The number of aliphatic hydroxyl groups excluding tert-OH is 2. The summed E-state index contributed by atoms with van der Waals surface area (Å²) < 4.78 is 22.9. The standard InChI is InChI=1S/C44H47Cl2FN4O5/c1-42(2)18-20-43(21-19-42)44(32-16-13-28(45)23-33(32)50-41(44)55)34(31-17-22-48-39(46)35(31)47)37(40(54)49-29-14-15-30(24-52)56-25-29)51(43)36(26-9-5-3-6-10-26)38(53)27-11-7-4-8-12-27/h3-13,16-17,22-23,29-30,34,36-38,52-53H,14-15,18-21,24-25H2,1-2H3,(H,49,54)(H,50,55)/t29-,30+,34+,36-,37-,38+,44?/m1/s1. The number of aliphatic hydroxyl groups is 2. The summed E-state index contributed by atoms with van der Waals surface area (Å²) >= 11 is 13.1. The van der Waals surface area contributed by atoms with Crippen LogP contribution in [-0.2, 0) is 19.7 Å². The van der Waals surface area contributed by atoms with E-state index in [1.165, 1.54) is 12.3 Å². The lowest BCUT2D eigenvalue weighted by Gasteiger charge is -2.56. The topological polar surface area (TPSA) is 124 Å². The van der Waals surface area contributed by atoms with Crippen LogP contribution in [0.15, 0.2) is 91.1 Å². The zero-order chi connectivity index (χ0) is 39.4. The van der Waals surface area contributed by atoms with Gasteiger partial charge in [0.15, 0.2) is 11.0 Å². The number of carbonyl (C=O) groups excluding carboxylic acids is 2. The van der Waals surface area contributed by atoms with Crippen molar-refractivity contribution < 1.29 is 28.9 Å². The Bertz CT molecular complexity index is 2090. The number of pyridine rings is 1. The maximum atomic E-state index is 17.0. The van der Waals surface area contributed by atoms with Crippen molar-refractivity contribution in [2.75, 3.05) is 18.5 Å². The lowest BCUT2D eigenvalue weighted by atomic mass is 9.53. The molecule has 0 bridgehead atoms. The van der Waals surface area contributed by atoms with E-state index in [4.69, 9.17) is 27.9 Å². The second kappa shape index (κ2) is 15.1. The molecule has 4 aliphatic rings. The number of amides is 2. The van der Waals surface area contributed by atoms with Gasteiger partial charge in [0.2, 0.25) is 11.8 Å². The number of benzene rings is 3. The maximum absolute atomic E-state index is 17.0. The number of nitrogens with zero attached hydrogens (tertiary/aromatic N) is 2. The molecular weight excluding hydrogens is 754 g/mol. The van der Waals surface area contributed by atoms with Crippen LogP contribution >= 0.6 is 23.2 Å². The predicted octanol–water partition coefficient (Wildman–Crippen LogP) is 7.66. The van der Waals surface area contributed by atoms with Crippen molar-refractivity contribution in [1.29, 1.82) is 0 Å². The van der Waals surface area contributed by atoms with Crippen molar-refractivity contribution in [3.05, 3.63) is 129 Å². The van der Waals surface area contributed by atoms with E-state index in [-0.39, 0.29) is 41.4 Å². The van der Waals surface area contributed by atoms with E-state index in [2.05, 4.69) is 34.4 Å². The van der Waals surface area contributed by atoms with E-state index in [0.29, 0.717) is 60.4 Å². The van der Waals surface area contributed by atoms with Crippen molar-refractivity contribution in [2.45, 2.75) is 99.6 Å². The van der Waals surface area contributed by atoms with Crippen LogP contribution in [0, 0.1) is 11.2 Å². The van der Waals surface area contributed by atoms with Gasteiger partial charge in [-0.3, -0.25) is 14.5 Å². The molecule has 3 fully saturated rings. The summed E-state index contributed by atoms with van der Waals surface area (Å²) in [6.45, 7) is 4.45. The van der Waals surface area contributed by atoms with Crippen molar-refractivity contribution in [1.82, 2.24) is 15.2 Å². The third-order valence-electron chi connectivity index (χ3n) is 13.0. The Morgan fingerprint density at radius 3 is 2.32 bits per heavy atom. The van der Waals surface area contributed by atoms with E-state index in [1.54, 1.807) is 12.1 Å². The van der Waals surface area contributed by atoms with Gasteiger partial charge in [-0.05, 0) is 84.4 Å². The van der Waals surface area contributed by atoms with Crippen LogP contribution in [0.3, 0.4) is 0 Å². The average molecular weight is 802 g/mol. The van der Waals surface area contributed by atoms with Gasteiger partial charge >= 0.3 is 0 Å². The number of rotatable bonds is 8. The number of anilines is 1. The van der Waals surface area contributed by atoms with Gasteiger partial charge in [0.1, 0.15) is 5.41 Å². The molecule has 9 nitrogen and oxygen atoms in total. The molecule has 3 aliphatic heterocycles. The Balaban J connectivity index is 1.46. The summed E-state index contributed by atoms with van der Waals surface area (Å²) in [5, 5.41) is 29.0. The number of hydrogen-bond donors (Lipinski definition) is 4. The summed E-state index contributed by atoms with van der Waals surface area (Å²) in [6.07, 6.45) is 3.25. The Morgan fingerprint density at radius 1 is 1.00 bits per heavy atom. The average Bonchev–Trinajstić information content (AvgIpc) is 3.63. The van der Waals surface area contributed by atoms with Gasteiger partial charge in [-0.2, -0.15) is 0 Å². The molecule has 1 saturated carbocycles. The fourth-order valence-electron chi connectivity index (χ4n) is 10.3. The number of carbonyl (C=O) groups is 2. The van der Waals surface area contributed by atoms with E-state index in [9.17, 15) is 10.2 Å². The Kier molecular flexibility index (Phi) is 10.5. The molecule has 8 rings (SSSR count). The SMILES string of the molecule is CC1(C)CCC2(CC1)N([C@H](c1ccccc1)[C@@H](O)c1ccccc1)[C@@H](C(=O)N[C@@H]1CC[C@@H](CO)OC1)[C@H](c1ccnc(Cl)c1F)C21C(=O)Nc2cc(Cl)ccc21. The largest absolute Gasteiger partial charge is 0.394 e. The molecule has 3 aromatic carbocycles. The fourth-order valence-corrected chi connectivity index (χ4v) is 10.7. The van der Waals surface area contributed by atoms with Crippen molar-refractivity contribution in [2.24, 2.45) is 5.41 Å². The van der Waals surface area contributed by atoms with Gasteiger partial charge in [0, 0.05) is 28.4 Å². The molecule has 2 spiro atoms. The molecule has 12 heteroatoms. The molecule has 294 valence electrons. The summed E-state index contributed by atoms with van der Waals surface area (Å²) in [5.41, 5.74) is -0.313. The zero-order valence-corrected chi connectivity index (χ0v) is 32.9. The highest BCUT2D eigenvalue weighted by Crippen LogP contribution is 2.69. The second-order valence-corrected chi connectivity index (χ2v) is 17.4. The van der Waals surface area contributed by atoms with Gasteiger partial charge in [-0.25, -0.2) is 9.37 Å². The van der Waals surface area contributed by atoms with Crippen LogP contribution in [0.25, 0.3) is 0 Å². The van der Waals surface area contributed by atoms with Crippen molar-refractivity contribution in [3.63, 3.8) is 0 Å². The molecule has 1 unspecified atom stereocenters. The summed E-state index contributed by atoms with van der Waals surface area (Å²) in [4.78, 5) is 37.4. The van der Waals surface area contributed by atoms with Gasteiger partial charge in [-0.1, -0.05) is 104 Å². The Morgan fingerprint density at radius 2 is 1.68 bits per heavy atom.